The molecule has 0 aromatic heterocycles. The van der Waals surface area contributed by atoms with Crippen LogP contribution in [0.1, 0.15) is 22.3 Å². The lowest BCUT2D eigenvalue weighted by Crippen LogP contribution is -2.10. The maximum Gasteiger partial charge on any atom is 0.214 e. The van der Waals surface area contributed by atoms with Crippen LogP contribution in [0.15, 0.2) is 155 Å². The predicted octanol–water partition coefficient (Wildman–Crippen LogP) is 8.25. The van der Waals surface area contributed by atoms with E-state index in [1.165, 1.54) is 24.3 Å². The van der Waals surface area contributed by atoms with E-state index in [0.29, 0.717) is 0 Å². The second-order valence-electron chi connectivity index (χ2n) is 11.1. The van der Waals surface area contributed by atoms with Crippen molar-refractivity contribution in [1.82, 2.24) is 0 Å². The molecule has 6 aromatic rings. The molecule has 0 fully saturated rings. The number of aromatic hydroxyl groups is 2. The third-order valence-electron chi connectivity index (χ3n) is 7.58. The molecule has 0 saturated carbocycles. The summed E-state index contributed by atoms with van der Waals surface area (Å²) in [5, 5.41) is 21.9. The second kappa shape index (κ2) is 15.3. The van der Waals surface area contributed by atoms with E-state index in [9.17, 15) is 18.6 Å². The molecule has 0 atom stereocenters. The standard InChI is InChI=1S/C40H34O8S/c41-33-21-37(47-27-31-17-9-3-10-18-31)39(23-35(33)45-25-29-13-5-1-6-14-29)49(43,44)40-24-36(46-26-30-15-7-2-8-16-30)34(42)22-38(40)48-28-32-19-11-4-12-20-32/h1-24,41-42H,25-28H2. The highest BCUT2D eigenvalue weighted by Crippen LogP contribution is 2.44. The molecule has 0 bridgehead atoms. The minimum atomic E-state index is -4.49. The number of hydrogen-bond donors (Lipinski definition) is 2. The van der Waals surface area contributed by atoms with Crippen molar-refractivity contribution in [2.45, 2.75) is 36.2 Å². The summed E-state index contributed by atoms with van der Waals surface area (Å²) in [6, 6.07) is 42.0. The fourth-order valence-corrected chi connectivity index (χ4v) is 6.52. The van der Waals surface area contributed by atoms with E-state index in [1.54, 1.807) is 0 Å². The van der Waals surface area contributed by atoms with Crippen molar-refractivity contribution in [3.63, 3.8) is 0 Å². The summed E-state index contributed by atoms with van der Waals surface area (Å²) in [5.74, 6) is -0.891. The van der Waals surface area contributed by atoms with Gasteiger partial charge >= 0.3 is 0 Å². The van der Waals surface area contributed by atoms with Gasteiger partial charge in [0.05, 0.1) is 0 Å². The molecule has 0 spiro atoms. The van der Waals surface area contributed by atoms with Crippen molar-refractivity contribution in [2.24, 2.45) is 0 Å². The Morgan fingerprint density at radius 1 is 0.388 bits per heavy atom. The zero-order valence-electron chi connectivity index (χ0n) is 26.4. The molecule has 0 radical (unpaired) electrons. The van der Waals surface area contributed by atoms with Gasteiger partial charge in [0.25, 0.3) is 0 Å². The minimum absolute atomic E-state index is 0.0331. The number of hydrogen-bond acceptors (Lipinski definition) is 8. The van der Waals surface area contributed by atoms with Crippen molar-refractivity contribution in [1.29, 1.82) is 0 Å². The van der Waals surface area contributed by atoms with Crippen LogP contribution < -0.4 is 18.9 Å². The fraction of sp³-hybridized carbons (Fsp3) is 0.100. The van der Waals surface area contributed by atoms with Gasteiger partial charge in [-0.25, -0.2) is 8.42 Å². The monoisotopic (exact) mass is 674 g/mol. The summed E-state index contributed by atoms with van der Waals surface area (Å²) in [7, 11) is -4.49. The summed E-state index contributed by atoms with van der Waals surface area (Å²) in [6.07, 6.45) is 0. The van der Waals surface area contributed by atoms with Gasteiger partial charge in [-0.1, -0.05) is 121 Å². The lowest BCUT2D eigenvalue weighted by Gasteiger charge is -2.19. The first-order chi connectivity index (χ1) is 23.9. The molecule has 6 aromatic carbocycles. The Labute approximate surface area is 285 Å². The number of ether oxygens (including phenoxy) is 4. The van der Waals surface area contributed by atoms with Crippen LogP contribution in [-0.2, 0) is 36.3 Å². The molecule has 0 heterocycles. The molecular formula is C40H34O8S. The lowest BCUT2D eigenvalue weighted by molar-refractivity contribution is 0.275. The van der Waals surface area contributed by atoms with E-state index in [4.69, 9.17) is 18.9 Å². The molecule has 0 unspecified atom stereocenters. The van der Waals surface area contributed by atoms with Crippen molar-refractivity contribution in [3.8, 4) is 34.5 Å². The molecule has 9 heteroatoms. The molecule has 0 aliphatic heterocycles. The number of sulfone groups is 1. The second-order valence-corrected chi connectivity index (χ2v) is 13.0. The molecule has 0 amide bonds. The average Bonchev–Trinajstić information content (AvgIpc) is 3.13. The third kappa shape index (κ3) is 8.33. The third-order valence-corrected chi connectivity index (χ3v) is 9.37. The van der Waals surface area contributed by atoms with E-state index in [1.807, 2.05) is 121 Å². The summed E-state index contributed by atoms with van der Waals surface area (Å²) in [5.41, 5.74) is 3.24. The van der Waals surface area contributed by atoms with E-state index >= 15 is 0 Å². The minimum Gasteiger partial charge on any atom is -0.504 e. The first-order valence-corrected chi connectivity index (χ1v) is 17.0. The van der Waals surface area contributed by atoms with Crippen LogP contribution >= 0.6 is 0 Å². The van der Waals surface area contributed by atoms with Gasteiger partial charge in [0.2, 0.25) is 9.84 Å². The van der Waals surface area contributed by atoms with Crippen LogP contribution in [0.4, 0.5) is 0 Å². The SMILES string of the molecule is O=S(=O)(c1cc(OCc2ccccc2)c(O)cc1OCc1ccccc1)c1cc(OCc2ccccc2)c(O)cc1OCc1ccccc1. The van der Waals surface area contributed by atoms with Crippen LogP contribution in [0.2, 0.25) is 0 Å². The summed E-state index contributed by atoms with van der Waals surface area (Å²) < 4.78 is 53.4. The quantitative estimate of drug-likeness (QED) is 0.119. The fourth-order valence-electron chi connectivity index (χ4n) is 5.00. The normalized spacial score (nSPS) is 11.1. The molecule has 248 valence electrons. The average molecular weight is 675 g/mol. The summed E-state index contributed by atoms with van der Waals surface area (Å²) in [6.45, 7) is 0.233. The van der Waals surface area contributed by atoms with Gasteiger partial charge < -0.3 is 29.2 Å². The number of phenolic OH excluding ortho intramolecular Hbond substituents is 2. The number of benzene rings is 6. The molecule has 2 N–H and O–H groups in total. The Balaban J connectivity index is 1.42. The Kier molecular flexibility index (Phi) is 10.3. The van der Waals surface area contributed by atoms with Crippen LogP contribution in [0.5, 0.6) is 34.5 Å². The first-order valence-electron chi connectivity index (χ1n) is 15.5. The van der Waals surface area contributed by atoms with Crippen LogP contribution in [0.25, 0.3) is 0 Å². The van der Waals surface area contributed by atoms with Crippen molar-refractivity contribution in [2.75, 3.05) is 0 Å². The topological polar surface area (TPSA) is 112 Å². The largest absolute Gasteiger partial charge is 0.504 e. The van der Waals surface area contributed by atoms with Crippen LogP contribution in [0.3, 0.4) is 0 Å². The lowest BCUT2D eigenvalue weighted by atomic mass is 10.2. The molecule has 49 heavy (non-hydrogen) atoms. The van der Waals surface area contributed by atoms with Gasteiger partial charge in [-0.2, -0.15) is 0 Å². The maximum atomic E-state index is 14.7. The van der Waals surface area contributed by atoms with Gasteiger partial charge in [-0.3, -0.25) is 0 Å². The Bertz CT molecular complexity index is 1940. The predicted molar refractivity (Wildman–Crippen MR) is 185 cm³/mol. The Morgan fingerprint density at radius 3 is 0.939 bits per heavy atom. The van der Waals surface area contributed by atoms with Gasteiger partial charge in [-0.05, 0) is 22.3 Å². The van der Waals surface area contributed by atoms with Crippen LogP contribution in [-0.4, -0.2) is 18.6 Å². The Morgan fingerprint density at radius 2 is 0.653 bits per heavy atom. The highest BCUT2D eigenvalue weighted by Gasteiger charge is 2.30. The van der Waals surface area contributed by atoms with E-state index < -0.39 is 9.84 Å². The zero-order chi connectivity index (χ0) is 34.1. The molecule has 0 saturated heterocycles. The maximum absolute atomic E-state index is 14.7. The first kappa shape index (κ1) is 33.0. The van der Waals surface area contributed by atoms with E-state index in [2.05, 4.69) is 0 Å². The zero-order valence-corrected chi connectivity index (χ0v) is 27.3. The molecule has 0 aliphatic rings. The van der Waals surface area contributed by atoms with Gasteiger partial charge in [0, 0.05) is 24.3 Å². The summed E-state index contributed by atoms with van der Waals surface area (Å²) >= 11 is 0. The number of rotatable bonds is 14. The van der Waals surface area contributed by atoms with Crippen molar-refractivity contribution in [3.05, 3.63) is 168 Å². The molecular weight excluding hydrogens is 640 g/mol. The van der Waals surface area contributed by atoms with E-state index in [-0.39, 0.29) is 70.7 Å². The Hall–Kier alpha value is -5.93. The highest BCUT2D eigenvalue weighted by molar-refractivity contribution is 7.91. The molecule has 0 aliphatic carbocycles. The van der Waals surface area contributed by atoms with Gasteiger partial charge in [0.15, 0.2) is 23.0 Å². The molecule has 8 nitrogen and oxygen atoms in total. The molecule has 6 rings (SSSR count). The van der Waals surface area contributed by atoms with E-state index in [0.717, 1.165) is 22.3 Å². The van der Waals surface area contributed by atoms with Gasteiger partial charge in [-0.15, -0.1) is 0 Å². The highest BCUT2D eigenvalue weighted by atomic mass is 32.2. The van der Waals surface area contributed by atoms with Crippen molar-refractivity contribution < 1.29 is 37.6 Å². The summed E-state index contributed by atoms with van der Waals surface area (Å²) in [4.78, 5) is -0.540. The van der Waals surface area contributed by atoms with Gasteiger partial charge in [0.1, 0.15) is 47.7 Å². The van der Waals surface area contributed by atoms with Crippen LogP contribution in [0, 0.1) is 0 Å². The van der Waals surface area contributed by atoms with Crippen molar-refractivity contribution >= 4 is 9.84 Å². The smallest absolute Gasteiger partial charge is 0.214 e. The number of phenols is 2.